The predicted octanol–water partition coefficient (Wildman–Crippen LogP) is 4.40. The number of carbonyl (C=O) groups excluding carboxylic acids is 1. The summed E-state index contributed by atoms with van der Waals surface area (Å²) in [4.78, 5) is 16.2. The lowest BCUT2D eigenvalue weighted by atomic mass is 10.2. The van der Waals surface area contributed by atoms with E-state index in [1.54, 1.807) is 6.08 Å². The average Bonchev–Trinajstić information content (AvgIpc) is 2.83. The molecule has 0 bridgehead atoms. The number of benzene rings is 2. The Morgan fingerprint density at radius 2 is 1.71 bits per heavy atom. The van der Waals surface area contributed by atoms with Crippen LogP contribution in [0.25, 0.3) is 6.08 Å². The molecule has 0 aliphatic carbocycles. The van der Waals surface area contributed by atoms with E-state index in [2.05, 4.69) is 43.5 Å². The molecule has 0 radical (unpaired) electrons. The molecule has 5 heteroatoms. The maximum absolute atomic E-state index is 11.9. The molecule has 0 unspecified atom stereocenters. The number of aliphatic imine (C=N–C) groups is 1. The van der Waals surface area contributed by atoms with Gasteiger partial charge in [0, 0.05) is 13.6 Å². The molecule has 21 heavy (non-hydrogen) atoms. The Labute approximate surface area is 144 Å². The molecule has 3 nitrogen and oxygen atoms in total. The van der Waals surface area contributed by atoms with Crippen LogP contribution in [0.1, 0.15) is 11.1 Å². The third-order valence-corrected chi connectivity index (χ3v) is 4.13. The van der Waals surface area contributed by atoms with Crippen LogP contribution in [0.3, 0.4) is 0 Å². The standard InChI is InChI=1S/C16H9BrINO2/c17-12-5-3-11(4-6-12)15-19-14(16(20)21-15)9-10-1-7-13(18)8-2-10/h1-9H. The van der Waals surface area contributed by atoms with E-state index in [-0.39, 0.29) is 0 Å². The van der Waals surface area contributed by atoms with Crippen LogP contribution in [0.4, 0.5) is 0 Å². The maximum Gasteiger partial charge on any atom is 0.363 e. The third-order valence-electron chi connectivity index (χ3n) is 2.89. The van der Waals surface area contributed by atoms with Crippen LogP contribution in [0.2, 0.25) is 0 Å². The topological polar surface area (TPSA) is 38.7 Å². The van der Waals surface area contributed by atoms with E-state index in [9.17, 15) is 4.79 Å². The largest absolute Gasteiger partial charge is 0.402 e. The molecule has 0 saturated heterocycles. The molecule has 2 aromatic rings. The first-order chi connectivity index (χ1) is 10.1. The zero-order valence-corrected chi connectivity index (χ0v) is 14.5. The molecule has 0 fully saturated rings. The first-order valence-electron chi connectivity index (χ1n) is 6.16. The second-order valence-corrected chi connectivity index (χ2v) is 6.56. The molecule has 3 rings (SSSR count). The van der Waals surface area contributed by atoms with Crippen molar-refractivity contribution in [1.29, 1.82) is 0 Å². The van der Waals surface area contributed by atoms with Gasteiger partial charge in [-0.05, 0) is 70.6 Å². The van der Waals surface area contributed by atoms with Crippen LogP contribution in [0.5, 0.6) is 0 Å². The van der Waals surface area contributed by atoms with E-state index in [4.69, 9.17) is 4.74 Å². The van der Waals surface area contributed by atoms with Crippen LogP contribution >= 0.6 is 38.5 Å². The first-order valence-corrected chi connectivity index (χ1v) is 8.03. The molecule has 1 heterocycles. The van der Waals surface area contributed by atoms with E-state index in [1.165, 1.54) is 0 Å². The Hall–Kier alpha value is -1.47. The van der Waals surface area contributed by atoms with Crippen LogP contribution < -0.4 is 0 Å². The molecule has 104 valence electrons. The van der Waals surface area contributed by atoms with Crippen molar-refractivity contribution in [3.05, 3.63) is 73.4 Å². The fourth-order valence-corrected chi connectivity index (χ4v) is 2.47. The highest BCUT2D eigenvalue weighted by Gasteiger charge is 2.23. The van der Waals surface area contributed by atoms with E-state index in [0.717, 1.165) is 19.2 Å². The molecule has 1 aliphatic heterocycles. The maximum atomic E-state index is 11.9. The molecule has 0 spiro atoms. The third kappa shape index (κ3) is 3.41. The van der Waals surface area contributed by atoms with E-state index in [0.29, 0.717) is 11.6 Å². The SMILES string of the molecule is O=C1OC(c2ccc(Br)cc2)=NC1=Cc1ccc(I)cc1. The number of esters is 1. The van der Waals surface area contributed by atoms with Gasteiger partial charge in [0.2, 0.25) is 5.90 Å². The molecule has 0 amide bonds. The summed E-state index contributed by atoms with van der Waals surface area (Å²) in [5.74, 6) is -0.0873. The van der Waals surface area contributed by atoms with Gasteiger partial charge in [-0.1, -0.05) is 28.1 Å². The lowest BCUT2D eigenvalue weighted by Crippen LogP contribution is -2.05. The Kier molecular flexibility index (Phi) is 4.21. The van der Waals surface area contributed by atoms with Gasteiger partial charge in [-0.3, -0.25) is 0 Å². The van der Waals surface area contributed by atoms with Gasteiger partial charge < -0.3 is 4.74 Å². The van der Waals surface area contributed by atoms with Crippen LogP contribution in [0.15, 0.2) is 63.7 Å². The molecular formula is C16H9BrINO2. The van der Waals surface area contributed by atoms with Gasteiger partial charge in [-0.2, -0.15) is 0 Å². The van der Waals surface area contributed by atoms with Gasteiger partial charge in [-0.25, -0.2) is 9.79 Å². The van der Waals surface area contributed by atoms with Crippen LogP contribution in [-0.2, 0) is 9.53 Å². The quantitative estimate of drug-likeness (QED) is 0.384. The smallest absolute Gasteiger partial charge is 0.363 e. The van der Waals surface area contributed by atoms with Crippen LogP contribution in [-0.4, -0.2) is 11.9 Å². The number of hydrogen-bond donors (Lipinski definition) is 0. The summed E-state index contributed by atoms with van der Waals surface area (Å²) in [5, 5.41) is 0. The van der Waals surface area contributed by atoms with Gasteiger partial charge in [0.05, 0.1) is 0 Å². The van der Waals surface area contributed by atoms with Crippen molar-refractivity contribution in [2.45, 2.75) is 0 Å². The number of rotatable bonds is 2. The highest BCUT2D eigenvalue weighted by Crippen LogP contribution is 2.20. The van der Waals surface area contributed by atoms with Gasteiger partial charge >= 0.3 is 5.97 Å². The minimum Gasteiger partial charge on any atom is -0.402 e. The number of carbonyl (C=O) groups is 1. The monoisotopic (exact) mass is 453 g/mol. The lowest BCUT2D eigenvalue weighted by Gasteiger charge is -1.98. The van der Waals surface area contributed by atoms with Gasteiger partial charge in [0.15, 0.2) is 5.70 Å². The van der Waals surface area contributed by atoms with Crippen molar-refractivity contribution in [2.24, 2.45) is 4.99 Å². The average molecular weight is 454 g/mol. The van der Waals surface area contributed by atoms with Crippen molar-refractivity contribution in [3.8, 4) is 0 Å². The number of cyclic esters (lactones) is 1. The highest BCUT2D eigenvalue weighted by molar-refractivity contribution is 14.1. The van der Waals surface area contributed by atoms with Crippen LogP contribution in [0, 0.1) is 3.57 Å². The summed E-state index contributed by atoms with van der Waals surface area (Å²) in [6, 6.07) is 15.3. The summed E-state index contributed by atoms with van der Waals surface area (Å²) in [5.41, 5.74) is 2.01. The van der Waals surface area contributed by atoms with E-state index >= 15 is 0 Å². The van der Waals surface area contributed by atoms with Gasteiger partial charge in [0.25, 0.3) is 0 Å². The predicted molar refractivity (Wildman–Crippen MR) is 93.9 cm³/mol. The van der Waals surface area contributed by atoms with Crippen molar-refractivity contribution in [2.75, 3.05) is 0 Å². The number of nitrogens with zero attached hydrogens (tertiary/aromatic N) is 1. The number of hydrogen-bond acceptors (Lipinski definition) is 3. The minimum absolute atomic E-state index is 0.314. The number of halogens is 2. The molecular weight excluding hydrogens is 445 g/mol. The van der Waals surface area contributed by atoms with Crippen molar-refractivity contribution >= 4 is 56.5 Å². The lowest BCUT2D eigenvalue weighted by molar-refractivity contribution is -0.129. The molecule has 0 atom stereocenters. The minimum atomic E-state index is -0.425. The Morgan fingerprint density at radius 3 is 2.38 bits per heavy atom. The molecule has 2 aromatic carbocycles. The summed E-state index contributed by atoms with van der Waals surface area (Å²) in [6.45, 7) is 0. The first kappa shape index (κ1) is 14.5. The summed E-state index contributed by atoms with van der Waals surface area (Å²) in [7, 11) is 0. The number of ether oxygens (including phenoxy) is 1. The molecule has 0 N–H and O–H groups in total. The van der Waals surface area contributed by atoms with Crippen molar-refractivity contribution in [3.63, 3.8) is 0 Å². The summed E-state index contributed by atoms with van der Waals surface area (Å²) >= 11 is 5.60. The highest BCUT2D eigenvalue weighted by atomic mass is 127. The summed E-state index contributed by atoms with van der Waals surface area (Å²) < 4.78 is 7.33. The second kappa shape index (κ2) is 6.11. The van der Waals surface area contributed by atoms with Gasteiger partial charge in [0.1, 0.15) is 0 Å². The normalized spacial score (nSPS) is 16.0. The fourth-order valence-electron chi connectivity index (χ4n) is 1.84. The molecule has 0 saturated carbocycles. The van der Waals surface area contributed by atoms with E-state index < -0.39 is 5.97 Å². The fraction of sp³-hybridized carbons (Fsp3) is 0. The van der Waals surface area contributed by atoms with Crippen molar-refractivity contribution in [1.82, 2.24) is 0 Å². The van der Waals surface area contributed by atoms with Gasteiger partial charge in [-0.15, -0.1) is 0 Å². The Morgan fingerprint density at radius 1 is 1.05 bits per heavy atom. The summed E-state index contributed by atoms with van der Waals surface area (Å²) in [6.07, 6.45) is 1.73. The van der Waals surface area contributed by atoms with E-state index in [1.807, 2.05) is 48.5 Å². The Balaban J connectivity index is 1.91. The molecule has 1 aliphatic rings. The zero-order valence-electron chi connectivity index (χ0n) is 10.7. The molecule has 0 aromatic heterocycles. The zero-order chi connectivity index (χ0) is 14.8. The second-order valence-electron chi connectivity index (χ2n) is 4.39. The van der Waals surface area contributed by atoms with Crippen molar-refractivity contribution < 1.29 is 9.53 Å². The Bertz CT molecular complexity index is 749.